The highest BCUT2D eigenvalue weighted by molar-refractivity contribution is 7.13. The molecule has 158 valence electrons. The van der Waals surface area contributed by atoms with E-state index in [9.17, 15) is 5.11 Å². The molecule has 3 aliphatic heterocycles. The van der Waals surface area contributed by atoms with E-state index >= 15 is 0 Å². The Bertz CT molecular complexity index is 1050. The Morgan fingerprint density at radius 1 is 1.23 bits per heavy atom. The maximum atomic E-state index is 10.2. The zero-order valence-corrected chi connectivity index (χ0v) is 18.0. The second-order valence-corrected chi connectivity index (χ2v) is 10.3. The predicted octanol–water partition coefficient (Wildman–Crippen LogP) is 3.43. The maximum Gasteiger partial charge on any atom is 0.298 e. The van der Waals surface area contributed by atoms with Gasteiger partial charge in [-0.1, -0.05) is 0 Å². The van der Waals surface area contributed by atoms with Gasteiger partial charge in [-0.3, -0.25) is 0 Å². The summed E-state index contributed by atoms with van der Waals surface area (Å²) in [4.78, 5) is 11.6. The predicted molar refractivity (Wildman–Crippen MR) is 116 cm³/mol. The van der Waals surface area contributed by atoms with Crippen molar-refractivity contribution in [2.45, 2.75) is 56.9 Å². The first kappa shape index (κ1) is 18.6. The summed E-state index contributed by atoms with van der Waals surface area (Å²) in [5.41, 5.74) is 1.79. The lowest BCUT2D eigenvalue weighted by Crippen LogP contribution is -2.67. The summed E-state index contributed by atoms with van der Waals surface area (Å²) < 4.78 is 12.6. The van der Waals surface area contributed by atoms with Crippen LogP contribution >= 0.6 is 11.3 Å². The Morgan fingerprint density at radius 2 is 2.00 bits per heavy atom. The molecule has 2 bridgehead atoms. The molecule has 8 heteroatoms. The van der Waals surface area contributed by atoms with Gasteiger partial charge in [0, 0.05) is 36.8 Å². The first-order chi connectivity index (χ1) is 14.4. The molecule has 1 saturated carbocycles. The molecule has 7 rings (SSSR count). The van der Waals surface area contributed by atoms with Crippen molar-refractivity contribution in [3.05, 3.63) is 23.7 Å². The lowest BCUT2D eigenvalue weighted by molar-refractivity contribution is -0.0670. The van der Waals surface area contributed by atoms with E-state index in [-0.39, 0.29) is 12.0 Å². The molecule has 0 spiro atoms. The molecule has 2 aromatic heterocycles. The Balaban J connectivity index is 1.33. The molecular formula is C22H26N4O3S. The Kier molecular flexibility index (Phi) is 4.13. The number of thiazole rings is 1. The van der Waals surface area contributed by atoms with Crippen LogP contribution in [0.15, 0.2) is 28.1 Å². The van der Waals surface area contributed by atoms with Gasteiger partial charge in [0.2, 0.25) is 0 Å². The second-order valence-electron chi connectivity index (χ2n) is 9.39. The minimum absolute atomic E-state index is 0.0994. The average molecular weight is 427 g/mol. The van der Waals surface area contributed by atoms with Gasteiger partial charge in [0.05, 0.1) is 17.3 Å². The number of aliphatic hydroxyl groups is 1. The number of hydrogen-bond donors (Lipinski definition) is 2. The van der Waals surface area contributed by atoms with Gasteiger partial charge in [0.1, 0.15) is 10.8 Å². The Labute approximate surface area is 179 Å². The minimum atomic E-state index is -0.659. The highest BCUT2D eigenvalue weighted by Gasteiger charge is 2.41. The Morgan fingerprint density at radius 3 is 2.67 bits per heavy atom. The molecule has 0 radical (unpaired) electrons. The van der Waals surface area contributed by atoms with Gasteiger partial charge in [0.25, 0.3) is 6.01 Å². The standard InChI is InChI=1S/C22H26N4O3S/c1-22(2,27)12-7-15(8-12)28-17-4-3-16(20-23-5-6-30-20)19-18(17)25-21(29-19)26-10-13-9-14(11-26)24-13/h3-6,12-15,24,27H,7-11H2,1-2H3. The second kappa shape index (κ2) is 6.67. The molecule has 1 aliphatic carbocycles. The van der Waals surface area contributed by atoms with E-state index in [1.807, 2.05) is 37.6 Å². The van der Waals surface area contributed by atoms with Crippen LogP contribution in [-0.2, 0) is 0 Å². The number of ether oxygens (including phenoxy) is 1. The highest BCUT2D eigenvalue weighted by Crippen LogP contribution is 2.42. The first-order valence-electron chi connectivity index (χ1n) is 10.7. The van der Waals surface area contributed by atoms with Gasteiger partial charge in [0.15, 0.2) is 11.1 Å². The number of benzene rings is 1. The van der Waals surface area contributed by atoms with E-state index in [2.05, 4.69) is 15.2 Å². The fourth-order valence-corrected chi connectivity index (χ4v) is 5.48. The monoisotopic (exact) mass is 426 g/mol. The number of hydrogen-bond acceptors (Lipinski definition) is 8. The normalized spacial score (nSPS) is 28.3. The van der Waals surface area contributed by atoms with Gasteiger partial charge in [-0.2, -0.15) is 4.98 Å². The lowest BCUT2D eigenvalue weighted by Gasteiger charge is -2.47. The molecule has 1 aromatic carbocycles. The van der Waals surface area contributed by atoms with Crippen LogP contribution in [0.2, 0.25) is 0 Å². The SMILES string of the molecule is CC(C)(O)C1CC(Oc2ccc(-c3nccs3)c3oc(N4CC5CC(C4)N5)nc23)C1. The van der Waals surface area contributed by atoms with E-state index in [1.165, 1.54) is 6.42 Å². The van der Waals surface area contributed by atoms with Crippen LogP contribution in [0, 0.1) is 5.92 Å². The van der Waals surface area contributed by atoms with Crippen molar-refractivity contribution < 1.29 is 14.3 Å². The number of piperazine rings is 1. The summed E-state index contributed by atoms with van der Waals surface area (Å²) in [5, 5.41) is 16.6. The number of piperidine rings is 1. The average Bonchev–Trinajstić information content (AvgIpc) is 3.33. The van der Waals surface area contributed by atoms with Gasteiger partial charge in [-0.15, -0.1) is 11.3 Å². The van der Waals surface area contributed by atoms with Crippen molar-refractivity contribution in [3.63, 3.8) is 0 Å². The van der Waals surface area contributed by atoms with Crippen molar-refractivity contribution in [1.82, 2.24) is 15.3 Å². The van der Waals surface area contributed by atoms with E-state index in [1.54, 1.807) is 11.3 Å². The van der Waals surface area contributed by atoms with Crippen LogP contribution in [0.4, 0.5) is 6.01 Å². The summed E-state index contributed by atoms with van der Waals surface area (Å²) in [6.07, 6.45) is 4.85. The summed E-state index contributed by atoms with van der Waals surface area (Å²) in [7, 11) is 0. The quantitative estimate of drug-likeness (QED) is 0.647. The summed E-state index contributed by atoms with van der Waals surface area (Å²) in [6.45, 7) is 5.58. The summed E-state index contributed by atoms with van der Waals surface area (Å²) in [5.74, 6) is 1.02. The van der Waals surface area contributed by atoms with Crippen LogP contribution in [0.1, 0.15) is 33.1 Å². The Hall–Kier alpha value is -2.16. The smallest absolute Gasteiger partial charge is 0.298 e. The van der Waals surface area contributed by atoms with Crippen LogP contribution in [0.5, 0.6) is 5.75 Å². The van der Waals surface area contributed by atoms with Crippen molar-refractivity contribution in [2.75, 3.05) is 18.0 Å². The van der Waals surface area contributed by atoms with Crippen molar-refractivity contribution >= 4 is 28.5 Å². The number of oxazole rings is 1. The minimum Gasteiger partial charge on any atom is -0.488 e. The number of nitrogens with one attached hydrogen (secondary N) is 1. The molecule has 5 heterocycles. The largest absolute Gasteiger partial charge is 0.488 e. The number of rotatable bonds is 5. The van der Waals surface area contributed by atoms with Crippen molar-refractivity contribution in [3.8, 4) is 16.3 Å². The highest BCUT2D eigenvalue weighted by atomic mass is 32.1. The lowest BCUT2D eigenvalue weighted by atomic mass is 9.72. The molecule has 4 aliphatic rings. The van der Waals surface area contributed by atoms with Crippen molar-refractivity contribution in [1.29, 1.82) is 0 Å². The number of nitrogens with zero attached hydrogens (tertiary/aromatic N) is 3. The van der Waals surface area contributed by atoms with Crippen LogP contribution < -0.4 is 15.0 Å². The van der Waals surface area contributed by atoms with E-state index in [4.69, 9.17) is 14.1 Å². The molecule has 0 amide bonds. The molecule has 7 nitrogen and oxygen atoms in total. The fraction of sp³-hybridized carbons (Fsp3) is 0.545. The zero-order valence-electron chi connectivity index (χ0n) is 17.2. The van der Waals surface area contributed by atoms with Crippen LogP contribution in [-0.4, -0.2) is 52.0 Å². The third-order valence-electron chi connectivity index (χ3n) is 6.74. The first-order valence-corrected chi connectivity index (χ1v) is 11.6. The van der Waals surface area contributed by atoms with E-state index in [0.29, 0.717) is 18.1 Å². The number of anilines is 1. The fourth-order valence-electron chi connectivity index (χ4n) is 4.82. The topological polar surface area (TPSA) is 83.7 Å². The molecule has 3 saturated heterocycles. The number of fused-ring (bicyclic) bond motifs is 3. The molecule has 2 N–H and O–H groups in total. The summed E-state index contributed by atoms with van der Waals surface area (Å²) in [6, 6.07) is 5.73. The van der Waals surface area contributed by atoms with Gasteiger partial charge in [-0.25, -0.2) is 4.98 Å². The summed E-state index contributed by atoms with van der Waals surface area (Å²) >= 11 is 1.59. The molecule has 30 heavy (non-hydrogen) atoms. The van der Waals surface area contributed by atoms with Crippen LogP contribution in [0.3, 0.4) is 0 Å². The van der Waals surface area contributed by atoms with Gasteiger partial charge in [-0.05, 0) is 51.2 Å². The van der Waals surface area contributed by atoms with Gasteiger partial charge < -0.3 is 24.5 Å². The zero-order chi connectivity index (χ0) is 20.5. The molecule has 4 fully saturated rings. The molecule has 2 atom stereocenters. The van der Waals surface area contributed by atoms with Crippen molar-refractivity contribution in [2.24, 2.45) is 5.92 Å². The molecule has 3 aromatic rings. The van der Waals surface area contributed by atoms with Gasteiger partial charge >= 0.3 is 0 Å². The molecular weight excluding hydrogens is 400 g/mol. The van der Waals surface area contributed by atoms with E-state index in [0.717, 1.165) is 53.4 Å². The third kappa shape index (κ3) is 3.09. The third-order valence-corrected chi connectivity index (χ3v) is 7.54. The van der Waals surface area contributed by atoms with Crippen LogP contribution in [0.25, 0.3) is 21.7 Å². The number of aromatic nitrogens is 2. The van der Waals surface area contributed by atoms with E-state index < -0.39 is 5.60 Å². The molecule has 2 unspecified atom stereocenters. The maximum absolute atomic E-state index is 10.2.